The van der Waals surface area contributed by atoms with E-state index in [9.17, 15) is 5.11 Å². The Labute approximate surface area is 109 Å². The second-order valence-corrected chi connectivity index (χ2v) is 6.22. The quantitative estimate of drug-likeness (QED) is 0.827. The highest BCUT2D eigenvalue weighted by Crippen LogP contribution is 2.28. The van der Waals surface area contributed by atoms with Crippen LogP contribution in [0.3, 0.4) is 0 Å². The normalized spacial score (nSPS) is 13.8. The molecule has 1 N–H and O–H groups in total. The van der Waals surface area contributed by atoms with E-state index in [1.165, 1.54) is 10.8 Å². The summed E-state index contributed by atoms with van der Waals surface area (Å²) in [6.45, 7) is 6.63. The molecule has 0 heterocycles. The SMILES string of the molecule is CC(C)(C)CCC(O)c1ccc2ccccc2c1. The molecule has 96 valence electrons. The van der Waals surface area contributed by atoms with Crippen molar-refractivity contribution in [1.29, 1.82) is 0 Å². The number of aliphatic hydroxyl groups excluding tert-OH is 1. The third-order valence-electron chi connectivity index (χ3n) is 3.33. The maximum absolute atomic E-state index is 10.2. The Hall–Kier alpha value is -1.34. The number of hydrogen-bond donors (Lipinski definition) is 1. The fourth-order valence-corrected chi connectivity index (χ4v) is 2.15. The Morgan fingerprint density at radius 2 is 1.67 bits per heavy atom. The maximum Gasteiger partial charge on any atom is 0.0790 e. The molecule has 1 unspecified atom stereocenters. The Morgan fingerprint density at radius 3 is 2.33 bits per heavy atom. The van der Waals surface area contributed by atoms with E-state index >= 15 is 0 Å². The summed E-state index contributed by atoms with van der Waals surface area (Å²) in [5, 5.41) is 12.7. The molecule has 0 aliphatic heterocycles. The number of aliphatic hydroxyl groups is 1. The zero-order valence-electron chi connectivity index (χ0n) is 11.5. The first-order valence-corrected chi connectivity index (χ1v) is 6.62. The second kappa shape index (κ2) is 5.11. The molecule has 0 spiro atoms. The van der Waals surface area contributed by atoms with Gasteiger partial charge in [-0.2, -0.15) is 0 Å². The molecule has 1 heteroatoms. The molecule has 18 heavy (non-hydrogen) atoms. The number of fused-ring (bicyclic) bond motifs is 1. The van der Waals surface area contributed by atoms with Crippen molar-refractivity contribution in [3.05, 3.63) is 48.0 Å². The predicted molar refractivity (Wildman–Crippen MR) is 77.6 cm³/mol. The molecule has 0 saturated carbocycles. The summed E-state index contributed by atoms with van der Waals surface area (Å²) in [5.41, 5.74) is 1.30. The van der Waals surface area contributed by atoms with Gasteiger partial charge in [-0.3, -0.25) is 0 Å². The minimum Gasteiger partial charge on any atom is -0.388 e. The van der Waals surface area contributed by atoms with Crippen molar-refractivity contribution in [2.75, 3.05) is 0 Å². The third-order valence-corrected chi connectivity index (χ3v) is 3.33. The number of rotatable bonds is 3. The van der Waals surface area contributed by atoms with Gasteiger partial charge in [0, 0.05) is 0 Å². The topological polar surface area (TPSA) is 20.2 Å². The fraction of sp³-hybridized carbons (Fsp3) is 0.412. The lowest BCUT2D eigenvalue weighted by molar-refractivity contribution is 0.148. The Kier molecular flexibility index (Phi) is 3.72. The zero-order chi connectivity index (χ0) is 13.2. The van der Waals surface area contributed by atoms with Crippen LogP contribution in [0.25, 0.3) is 10.8 Å². The molecule has 0 saturated heterocycles. The van der Waals surface area contributed by atoms with E-state index in [0.29, 0.717) is 0 Å². The third kappa shape index (κ3) is 3.33. The van der Waals surface area contributed by atoms with Crippen LogP contribution in [0.5, 0.6) is 0 Å². The van der Waals surface area contributed by atoms with Crippen molar-refractivity contribution in [2.45, 2.75) is 39.7 Å². The minimum atomic E-state index is -0.353. The first-order valence-electron chi connectivity index (χ1n) is 6.62. The standard InChI is InChI=1S/C17H22O/c1-17(2,3)11-10-16(18)15-9-8-13-6-4-5-7-14(13)12-15/h4-9,12,16,18H,10-11H2,1-3H3. The van der Waals surface area contributed by atoms with E-state index in [-0.39, 0.29) is 11.5 Å². The van der Waals surface area contributed by atoms with E-state index in [1.54, 1.807) is 0 Å². The van der Waals surface area contributed by atoms with Crippen LogP contribution in [-0.4, -0.2) is 5.11 Å². The van der Waals surface area contributed by atoms with Crippen LogP contribution in [0.2, 0.25) is 0 Å². The van der Waals surface area contributed by atoms with Crippen molar-refractivity contribution >= 4 is 10.8 Å². The van der Waals surface area contributed by atoms with Gasteiger partial charge in [0.2, 0.25) is 0 Å². The second-order valence-electron chi connectivity index (χ2n) is 6.22. The summed E-state index contributed by atoms with van der Waals surface area (Å²) >= 11 is 0. The molecule has 0 aromatic heterocycles. The molecule has 0 radical (unpaired) electrons. The maximum atomic E-state index is 10.2. The highest BCUT2D eigenvalue weighted by atomic mass is 16.3. The van der Waals surface area contributed by atoms with Gasteiger partial charge in [-0.15, -0.1) is 0 Å². The molecule has 2 rings (SSSR count). The molecule has 2 aromatic rings. The first kappa shape index (κ1) is 13.1. The van der Waals surface area contributed by atoms with E-state index in [1.807, 2.05) is 18.2 Å². The molecular formula is C17H22O. The first-order chi connectivity index (χ1) is 8.46. The van der Waals surface area contributed by atoms with E-state index < -0.39 is 0 Å². The monoisotopic (exact) mass is 242 g/mol. The van der Waals surface area contributed by atoms with Crippen LogP contribution >= 0.6 is 0 Å². The average molecular weight is 242 g/mol. The Morgan fingerprint density at radius 1 is 1.00 bits per heavy atom. The number of benzene rings is 2. The Bertz CT molecular complexity index is 522. The van der Waals surface area contributed by atoms with E-state index in [4.69, 9.17) is 0 Å². The molecule has 1 nitrogen and oxygen atoms in total. The molecule has 1 atom stereocenters. The fourth-order valence-electron chi connectivity index (χ4n) is 2.15. The van der Waals surface area contributed by atoms with Gasteiger partial charge in [0.1, 0.15) is 0 Å². The van der Waals surface area contributed by atoms with Crippen LogP contribution < -0.4 is 0 Å². The van der Waals surface area contributed by atoms with Crippen molar-refractivity contribution < 1.29 is 5.11 Å². The largest absolute Gasteiger partial charge is 0.388 e. The molecule has 0 aliphatic rings. The zero-order valence-corrected chi connectivity index (χ0v) is 11.5. The van der Waals surface area contributed by atoms with Gasteiger partial charge in [0.25, 0.3) is 0 Å². The lowest BCUT2D eigenvalue weighted by atomic mass is 9.88. The van der Waals surface area contributed by atoms with Crippen molar-refractivity contribution in [2.24, 2.45) is 5.41 Å². The average Bonchev–Trinajstić information content (AvgIpc) is 2.34. The molecule has 0 fully saturated rings. The molecule has 0 bridgehead atoms. The van der Waals surface area contributed by atoms with Gasteiger partial charge in [0.05, 0.1) is 6.10 Å². The van der Waals surface area contributed by atoms with Crippen molar-refractivity contribution in [1.82, 2.24) is 0 Å². The summed E-state index contributed by atoms with van der Waals surface area (Å²) < 4.78 is 0. The Balaban J connectivity index is 2.15. The van der Waals surface area contributed by atoms with Crippen LogP contribution in [0.4, 0.5) is 0 Å². The minimum absolute atomic E-state index is 0.276. The van der Waals surface area contributed by atoms with Gasteiger partial charge >= 0.3 is 0 Å². The highest BCUT2D eigenvalue weighted by Gasteiger charge is 2.14. The van der Waals surface area contributed by atoms with E-state index in [2.05, 4.69) is 45.0 Å². The summed E-state index contributed by atoms with van der Waals surface area (Å²) in [7, 11) is 0. The van der Waals surface area contributed by atoms with Crippen LogP contribution in [0, 0.1) is 5.41 Å². The van der Waals surface area contributed by atoms with Gasteiger partial charge in [-0.05, 0) is 40.7 Å². The summed E-state index contributed by atoms with van der Waals surface area (Å²) in [6, 6.07) is 14.5. The predicted octanol–water partition coefficient (Wildman–Crippen LogP) is 4.70. The van der Waals surface area contributed by atoms with E-state index in [0.717, 1.165) is 18.4 Å². The smallest absolute Gasteiger partial charge is 0.0790 e. The van der Waals surface area contributed by atoms with Crippen LogP contribution in [0.1, 0.15) is 45.3 Å². The van der Waals surface area contributed by atoms with Crippen molar-refractivity contribution in [3.63, 3.8) is 0 Å². The van der Waals surface area contributed by atoms with Gasteiger partial charge in [-0.25, -0.2) is 0 Å². The molecular weight excluding hydrogens is 220 g/mol. The van der Waals surface area contributed by atoms with Crippen molar-refractivity contribution in [3.8, 4) is 0 Å². The lowest BCUT2D eigenvalue weighted by Crippen LogP contribution is -2.08. The summed E-state index contributed by atoms with van der Waals surface area (Å²) in [4.78, 5) is 0. The summed E-state index contributed by atoms with van der Waals surface area (Å²) in [6.07, 6.45) is 1.50. The van der Waals surface area contributed by atoms with Gasteiger partial charge in [-0.1, -0.05) is 57.2 Å². The molecule has 0 amide bonds. The highest BCUT2D eigenvalue weighted by molar-refractivity contribution is 5.83. The molecule has 0 aliphatic carbocycles. The van der Waals surface area contributed by atoms with Gasteiger partial charge < -0.3 is 5.11 Å². The van der Waals surface area contributed by atoms with Crippen LogP contribution in [-0.2, 0) is 0 Å². The van der Waals surface area contributed by atoms with Crippen LogP contribution in [0.15, 0.2) is 42.5 Å². The number of hydrogen-bond acceptors (Lipinski definition) is 1. The lowest BCUT2D eigenvalue weighted by Gasteiger charge is -2.20. The summed E-state index contributed by atoms with van der Waals surface area (Å²) in [5.74, 6) is 0. The molecule has 2 aromatic carbocycles. The van der Waals surface area contributed by atoms with Gasteiger partial charge in [0.15, 0.2) is 0 Å².